The third-order valence-electron chi connectivity index (χ3n) is 1.48. The molecule has 0 heterocycles. The fourth-order valence-corrected chi connectivity index (χ4v) is 10.6. The van der Waals surface area contributed by atoms with Crippen molar-refractivity contribution in [3.05, 3.63) is 0 Å². The molecule has 0 aromatic heterocycles. The molecule has 0 N–H and O–H groups in total. The van der Waals surface area contributed by atoms with Crippen molar-refractivity contribution in [3.8, 4) is 0 Å². The average Bonchev–Trinajstić information content (AvgIpc) is 1.90. The second kappa shape index (κ2) is 8.22. The molecule has 4 heteroatoms. The fourth-order valence-electron chi connectivity index (χ4n) is 1.09. The largest absolute Gasteiger partial charge is 0.331 e. The molecule has 1 nitrogen and oxygen atoms in total. The van der Waals surface area contributed by atoms with E-state index in [2.05, 4.69) is 40.2 Å². The van der Waals surface area contributed by atoms with Gasteiger partial charge in [-0.1, -0.05) is 13.8 Å². The molecule has 0 atom stereocenters. The van der Waals surface area contributed by atoms with Crippen LogP contribution in [0.15, 0.2) is 0 Å². The third-order valence-corrected chi connectivity index (χ3v) is 9.66. The lowest BCUT2D eigenvalue weighted by molar-refractivity contribution is 0.447. The van der Waals surface area contributed by atoms with Crippen LogP contribution in [0, 0.1) is 0 Å². The second-order valence-corrected chi connectivity index (χ2v) is 16.4. The predicted octanol–water partition coefficient (Wildman–Crippen LogP) is 0.626. The van der Waals surface area contributed by atoms with Gasteiger partial charge in [-0.3, -0.25) is 0 Å². The summed E-state index contributed by atoms with van der Waals surface area (Å²) in [5.74, 6) is 0. The van der Waals surface area contributed by atoms with Gasteiger partial charge in [-0.15, -0.1) is 21.8 Å². The van der Waals surface area contributed by atoms with Gasteiger partial charge >= 0.3 is 0 Å². The van der Waals surface area contributed by atoms with Gasteiger partial charge in [0.2, 0.25) is 0 Å². The van der Waals surface area contributed by atoms with Gasteiger partial charge in [-0.25, -0.2) is 0 Å². The van der Waals surface area contributed by atoms with E-state index in [9.17, 15) is 0 Å². The summed E-state index contributed by atoms with van der Waals surface area (Å²) in [6.07, 6.45) is 2.69. The van der Waals surface area contributed by atoms with Gasteiger partial charge in [0.1, 0.15) is 0 Å². The highest BCUT2D eigenvalue weighted by molar-refractivity contribution is 14.1. The minimum atomic E-state index is 0.273. The lowest BCUT2D eigenvalue weighted by Crippen LogP contribution is -2.31. The van der Waals surface area contributed by atoms with E-state index < -0.39 is 0 Å². The van der Waals surface area contributed by atoms with E-state index in [0.29, 0.717) is 6.53 Å². The van der Waals surface area contributed by atoms with Gasteiger partial charge in [0, 0.05) is 0 Å². The zero-order valence-electron chi connectivity index (χ0n) is 7.07. The summed E-state index contributed by atoms with van der Waals surface area (Å²) in [5, 5.41) is 0. The molecule has 0 rings (SSSR count). The first-order valence-corrected chi connectivity index (χ1v) is 13.9. The normalized spacial score (nSPS) is 13.2. The summed E-state index contributed by atoms with van der Waals surface area (Å²) >= 11 is 2.64. The number of rotatable bonds is 6. The SMILES string of the molecule is CCCN(CCC)[SiH2][SiH2]I. The lowest BCUT2D eigenvalue weighted by Gasteiger charge is -2.18. The second-order valence-electron chi connectivity index (χ2n) is 2.53. The molecule has 0 bridgehead atoms. The van der Waals surface area contributed by atoms with Crippen LogP contribution in [-0.4, -0.2) is 33.4 Å². The van der Waals surface area contributed by atoms with Crippen molar-refractivity contribution >= 4 is 37.5 Å². The number of hydrogen-bond acceptors (Lipinski definition) is 1. The highest BCUT2D eigenvalue weighted by Gasteiger charge is 1.99. The van der Waals surface area contributed by atoms with Gasteiger partial charge in [0.05, 0.1) is 15.7 Å². The number of halogens is 1. The standard InChI is InChI=1S/C6H18INSi2/c1-3-5-8(6-4-2)10-9-7/h3-6,9-10H2,1-2H3. The molecule has 0 fully saturated rings. The topological polar surface area (TPSA) is 3.24 Å². The molecule has 0 radical (unpaired) electrons. The molecule has 0 aromatic carbocycles. The van der Waals surface area contributed by atoms with Crippen LogP contribution < -0.4 is 0 Å². The Morgan fingerprint density at radius 2 is 1.70 bits per heavy atom. The smallest absolute Gasteiger partial charge is 0.0973 e. The molecule has 0 aliphatic carbocycles. The molecule has 0 aromatic rings. The van der Waals surface area contributed by atoms with Crippen molar-refractivity contribution in [1.82, 2.24) is 4.57 Å². The maximum Gasteiger partial charge on any atom is 0.0973 e. The Balaban J connectivity index is 3.30. The molecule has 0 spiro atoms. The molecular formula is C6H18INSi2. The van der Waals surface area contributed by atoms with Crippen molar-refractivity contribution in [2.45, 2.75) is 26.7 Å². The average molecular weight is 287 g/mol. The van der Waals surface area contributed by atoms with E-state index in [4.69, 9.17) is 0 Å². The van der Waals surface area contributed by atoms with Crippen LogP contribution in [0.5, 0.6) is 0 Å². The molecule has 62 valence electrons. The quantitative estimate of drug-likeness (QED) is 0.393. The van der Waals surface area contributed by atoms with Crippen LogP contribution in [-0.2, 0) is 0 Å². The molecule has 0 unspecified atom stereocenters. The molecule has 0 saturated carbocycles. The minimum Gasteiger partial charge on any atom is -0.331 e. The van der Waals surface area contributed by atoms with Crippen LogP contribution in [0.2, 0.25) is 0 Å². The van der Waals surface area contributed by atoms with Gasteiger partial charge < -0.3 is 4.57 Å². The molecular weight excluding hydrogens is 269 g/mol. The van der Waals surface area contributed by atoms with Crippen LogP contribution in [0.25, 0.3) is 0 Å². The monoisotopic (exact) mass is 287 g/mol. The van der Waals surface area contributed by atoms with Crippen molar-refractivity contribution in [3.63, 3.8) is 0 Å². The van der Waals surface area contributed by atoms with Crippen LogP contribution in [0.4, 0.5) is 0 Å². The van der Waals surface area contributed by atoms with E-state index in [0.717, 1.165) is 0 Å². The summed E-state index contributed by atoms with van der Waals surface area (Å²) in [4.78, 5) is 0. The predicted molar refractivity (Wildman–Crippen MR) is 63.3 cm³/mol. The molecule has 0 amide bonds. The van der Waals surface area contributed by atoms with Gasteiger partial charge in [0.15, 0.2) is 0 Å². The molecule has 10 heavy (non-hydrogen) atoms. The fraction of sp³-hybridized carbons (Fsp3) is 1.00. The Hall–Kier alpha value is 1.12. The molecule has 0 saturated heterocycles. The summed E-state index contributed by atoms with van der Waals surface area (Å²) in [5.41, 5.74) is 0. The van der Waals surface area contributed by atoms with E-state index in [1.807, 2.05) is 0 Å². The number of hydrogen-bond donors (Lipinski definition) is 0. The number of nitrogens with zero attached hydrogens (tertiary/aromatic N) is 1. The third kappa shape index (κ3) is 5.87. The Bertz CT molecular complexity index is 58.5. The van der Waals surface area contributed by atoms with Gasteiger partial charge in [0.25, 0.3) is 0 Å². The van der Waals surface area contributed by atoms with Crippen molar-refractivity contribution in [2.24, 2.45) is 0 Å². The Labute approximate surface area is 81.7 Å². The highest BCUT2D eigenvalue weighted by atomic mass is 127. The van der Waals surface area contributed by atoms with Crippen LogP contribution in [0.3, 0.4) is 0 Å². The first-order chi connectivity index (χ1) is 4.85. The zero-order valence-corrected chi connectivity index (χ0v) is 12.1. The Morgan fingerprint density at radius 3 is 2.00 bits per heavy atom. The van der Waals surface area contributed by atoms with E-state index in [-0.39, 0.29) is 9.20 Å². The van der Waals surface area contributed by atoms with Crippen LogP contribution in [0.1, 0.15) is 26.7 Å². The maximum atomic E-state index is 2.73. The summed E-state index contributed by atoms with van der Waals surface area (Å²) in [6, 6.07) is 0. The van der Waals surface area contributed by atoms with Crippen molar-refractivity contribution in [2.75, 3.05) is 13.1 Å². The zero-order chi connectivity index (χ0) is 7.82. The Kier molecular flexibility index (Phi) is 9.15. The summed E-state index contributed by atoms with van der Waals surface area (Å²) in [7, 11) is 0.273. The molecule has 0 aliphatic heterocycles. The maximum absolute atomic E-state index is 2.73. The summed E-state index contributed by atoms with van der Waals surface area (Å²) in [6.45, 7) is 7.67. The van der Waals surface area contributed by atoms with E-state index in [1.54, 1.807) is 0 Å². The molecule has 0 aliphatic rings. The van der Waals surface area contributed by atoms with Crippen LogP contribution >= 0.6 is 21.8 Å². The summed E-state index contributed by atoms with van der Waals surface area (Å²) < 4.78 is 2.73. The minimum absolute atomic E-state index is 0.273. The highest BCUT2D eigenvalue weighted by Crippen LogP contribution is 1.91. The first-order valence-electron chi connectivity index (χ1n) is 4.13. The van der Waals surface area contributed by atoms with E-state index in [1.165, 1.54) is 25.9 Å². The van der Waals surface area contributed by atoms with Gasteiger partial charge in [-0.2, -0.15) is 0 Å². The van der Waals surface area contributed by atoms with E-state index >= 15 is 0 Å². The van der Waals surface area contributed by atoms with Crippen molar-refractivity contribution in [1.29, 1.82) is 0 Å². The first kappa shape index (κ1) is 11.1. The van der Waals surface area contributed by atoms with Gasteiger partial charge in [-0.05, 0) is 25.9 Å². The van der Waals surface area contributed by atoms with Crippen molar-refractivity contribution < 1.29 is 0 Å². The Morgan fingerprint density at radius 1 is 1.20 bits per heavy atom. The lowest BCUT2D eigenvalue weighted by atomic mass is 10.4.